The number of aromatic nitrogens is 1. The van der Waals surface area contributed by atoms with Gasteiger partial charge in [0.25, 0.3) is 0 Å². The van der Waals surface area contributed by atoms with Crippen LogP contribution in [-0.4, -0.2) is 4.57 Å². The fourth-order valence-corrected chi connectivity index (χ4v) is 7.97. The van der Waals surface area contributed by atoms with Gasteiger partial charge in [-0.05, 0) is 86.9 Å². The van der Waals surface area contributed by atoms with Gasteiger partial charge in [0.15, 0.2) is 0 Å². The summed E-state index contributed by atoms with van der Waals surface area (Å²) >= 11 is 0. The molecule has 52 heavy (non-hydrogen) atoms. The van der Waals surface area contributed by atoms with Crippen LogP contribution in [0, 0.1) is 0 Å². The highest BCUT2D eigenvalue weighted by Gasteiger charge is 2.21. The van der Waals surface area contributed by atoms with E-state index >= 15 is 0 Å². The number of nitrogens with zero attached hydrogens (tertiary/aromatic N) is 2. The van der Waals surface area contributed by atoms with E-state index in [1.54, 1.807) is 0 Å². The van der Waals surface area contributed by atoms with Crippen LogP contribution in [0.15, 0.2) is 206 Å². The molecule has 0 aliphatic rings. The molecule has 1 aromatic heterocycles. The van der Waals surface area contributed by atoms with Gasteiger partial charge in [-0.15, -0.1) is 0 Å². The lowest BCUT2D eigenvalue weighted by atomic mass is 9.97. The molecule has 0 bridgehead atoms. The summed E-state index contributed by atoms with van der Waals surface area (Å²) in [6.07, 6.45) is 0. The van der Waals surface area contributed by atoms with Gasteiger partial charge in [0.05, 0.1) is 16.7 Å². The zero-order valence-electron chi connectivity index (χ0n) is 28.5. The van der Waals surface area contributed by atoms with Gasteiger partial charge in [0.2, 0.25) is 0 Å². The van der Waals surface area contributed by atoms with Crippen LogP contribution in [0.4, 0.5) is 17.1 Å². The molecule has 0 N–H and O–H groups in total. The van der Waals surface area contributed by atoms with Gasteiger partial charge in [-0.3, -0.25) is 0 Å². The van der Waals surface area contributed by atoms with E-state index in [-0.39, 0.29) is 0 Å². The van der Waals surface area contributed by atoms with Gasteiger partial charge in [-0.25, -0.2) is 0 Å². The van der Waals surface area contributed by atoms with Crippen molar-refractivity contribution >= 4 is 60.4 Å². The van der Waals surface area contributed by atoms with Gasteiger partial charge >= 0.3 is 0 Å². The molecule has 1 heterocycles. The predicted octanol–water partition coefficient (Wildman–Crippen LogP) is 13.9. The normalized spacial score (nSPS) is 11.5. The second-order valence-electron chi connectivity index (χ2n) is 13.3. The fraction of sp³-hybridized carbons (Fsp3) is 0. The van der Waals surface area contributed by atoms with E-state index in [1.807, 2.05) is 0 Å². The molecule has 0 spiro atoms. The smallest absolute Gasteiger partial charge is 0.0640 e. The summed E-state index contributed by atoms with van der Waals surface area (Å²) < 4.78 is 2.44. The maximum Gasteiger partial charge on any atom is 0.0640 e. The summed E-state index contributed by atoms with van der Waals surface area (Å²) in [4.78, 5) is 2.43. The third-order valence-corrected chi connectivity index (χ3v) is 10.4. The molecule has 0 saturated carbocycles. The van der Waals surface area contributed by atoms with E-state index in [4.69, 9.17) is 0 Å². The first kappa shape index (κ1) is 30.0. The molecule has 0 aliphatic carbocycles. The molecule has 0 unspecified atom stereocenters. The van der Waals surface area contributed by atoms with Crippen molar-refractivity contribution in [3.05, 3.63) is 206 Å². The molecule has 9 aromatic carbocycles. The largest absolute Gasteiger partial charge is 0.310 e. The molecular weight excluding hydrogens is 629 g/mol. The van der Waals surface area contributed by atoms with Crippen molar-refractivity contribution in [3.63, 3.8) is 0 Å². The molecule has 0 aliphatic heterocycles. The van der Waals surface area contributed by atoms with E-state index in [1.165, 1.54) is 65.6 Å². The quantitative estimate of drug-likeness (QED) is 0.172. The first-order valence-electron chi connectivity index (χ1n) is 17.9. The third-order valence-electron chi connectivity index (χ3n) is 10.4. The van der Waals surface area contributed by atoms with Gasteiger partial charge in [-0.1, -0.05) is 158 Å². The first-order valence-corrected chi connectivity index (χ1v) is 17.9. The first-order chi connectivity index (χ1) is 25.8. The third kappa shape index (κ3) is 4.96. The minimum absolute atomic E-state index is 1.10. The minimum Gasteiger partial charge on any atom is -0.310 e. The van der Waals surface area contributed by atoms with Crippen molar-refractivity contribution in [1.29, 1.82) is 0 Å². The predicted molar refractivity (Wildman–Crippen MR) is 221 cm³/mol. The second-order valence-corrected chi connectivity index (χ2v) is 13.3. The lowest BCUT2D eigenvalue weighted by Gasteiger charge is -2.28. The Morgan fingerprint density at radius 1 is 0.346 bits per heavy atom. The fourth-order valence-electron chi connectivity index (χ4n) is 7.97. The maximum absolute atomic E-state index is 2.44. The molecule has 0 amide bonds. The molecule has 244 valence electrons. The molecule has 0 atom stereocenters. The Labute approximate surface area is 303 Å². The van der Waals surface area contributed by atoms with Crippen molar-refractivity contribution in [1.82, 2.24) is 4.57 Å². The summed E-state index contributed by atoms with van der Waals surface area (Å²) in [6, 6.07) is 74.7. The molecular formula is C50H34N2. The summed E-state index contributed by atoms with van der Waals surface area (Å²) in [7, 11) is 0. The van der Waals surface area contributed by atoms with Crippen molar-refractivity contribution < 1.29 is 0 Å². The van der Waals surface area contributed by atoms with Crippen LogP contribution in [0.3, 0.4) is 0 Å². The van der Waals surface area contributed by atoms with E-state index in [2.05, 4.69) is 216 Å². The molecule has 2 nitrogen and oxygen atoms in total. The molecule has 10 aromatic rings. The topological polar surface area (TPSA) is 8.17 Å². The van der Waals surface area contributed by atoms with E-state index in [0.717, 1.165) is 22.7 Å². The SMILES string of the molecule is c1ccc(-c2ccc(N(c3ccc(-c4cccc5ccccc45)cc3)c3cccc4ccc5c6ccccc6n(-c6ccccc6)c5c34)cc2)cc1. The number of hydrogen-bond acceptors (Lipinski definition) is 1. The zero-order chi connectivity index (χ0) is 34.4. The number of benzene rings is 9. The van der Waals surface area contributed by atoms with Crippen LogP contribution < -0.4 is 4.90 Å². The van der Waals surface area contributed by atoms with E-state index in [9.17, 15) is 0 Å². The zero-order valence-corrected chi connectivity index (χ0v) is 28.5. The van der Waals surface area contributed by atoms with Crippen LogP contribution in [0.25, 0.3) is 71.3 Å². The van der Waals surface area contributed by atoms with E-state index < -0.39 is 0 Å². The highest BCUT2D eigenvalue weighted by Crippen LogP contribution is 2.45. The maximum atomic E-state index is 2.44. The molecule has 0 saturated heterocycles. The number of para-hydroxylation sites is 2. The number of rotatable bonds is 6. The number of hydrogen-bond donors (Lipinski definition) is 0. The Balaban J connectivity index is 1.23. The van der Waals surface area contributed by atoms with Gasteiger partial charge in [-0.2, -0.15) is 0 Å². The standard InChI is InChI=1S/C50H34N2/c1-3-13-35(14-4-1)36-25-30-41(31-26-36)51(42-32-27-38(28-33-42)44-22-11-16-37-15-7-8-20-43(37)44)48-24-12-17-39-29-34-46-45-21-9-10-23-47(45)52(50(46)49(39)48)40-18-5-2-6-19-40/h1-34H. The van der Waals surface area contributed by atoms with Gasteiger partial charge in [0.1, 0.15) is 0 Å². The Morgan fingerprint density at radius 3 is 1.69 bits per heavy atom. The van der Waals surface area contributed by atoms with Crippen molar-refractivity contribution in [2.24, 2.45) is 0 Å². The minimum atomic E-state index is 1.10. The van der Waals surface area contributed by atoms with Crippen LogP contribution >= 0.6 is 0 Å². The summed E-state index contributed by atoms with van der Waals surface area (Å²) in [5, 5.41) is 7.41. The Hall–Kier alpha value is -6.90. The number of fused-ring (bicyclic) bond motifs is 6. The van der Waals surface area contributed by atoms with Gasteiger partial charge < -0.3 is 9.47 Å². The summed E-state index contributed by atoms with van der Waals surface area (Å²) in [6.45, 7) is 0. The highest BCUT2D eigenvalue weighted by atomic mass is 15.1. The lowest BCUT2D eigenvalue weighted by molar-refractivity contribution is 1.18. The molecule has 10 rings (SSSR count). The van der Waals surface area contributed by atoms with Crippen molar-refractivity contribution in [2.45, 2.75) is 0 Å². The monoisotopic (exact) mass is 662 g/mol. The van der Waals surface area contributed by atoms with Crippen molar-refractivity contribution in [2.75, 3.05) is 4.90 Å². The van der Waals surface area contributed by atoms with Gasteiger partial charge in [0, 0.05) is 33.2 Å². The van der Waals surface area contributed by atoms with E-state index in [0.29, 0.717) is 0 Å². The Morgan fingerprint density at radius 2 is 0.923 bits per heavy atom. The second kappa shape index (κ2) is 12.5. The van der Waals surface area contributed by atoms with Crippen LogP contribution in [0.5, 0.6) is 0 Å². The van der Waals surface area contributed by atoms with Crippen LogP contribution in [0.2, 0.25) is 0 Å². The lowest BCUT2D eigenvalue weighted by Crippen LogP contribution is -2.11. The average molecular weight is 663 g/mol. The van der Waals surface area contributed by atoms with Crippen molar-refractivity contribution in [3.8, 4) is 27.9 Å². The number of anilines is 3. The molecule has 2 heteroatoms. The Kier molecular flexibility index (Phi) is 7.18. The van der Waals surface area contributed by atoms with Crippen LogP contribution in [0.1, 0.15) is 0 Å². The van der Waals surface area contributed by atoms with Crippen LogP contribution in [-0.2, 0) is 0 Å². The summed E-state index contributed by atoms with van der Waals surface area (Å²) in [5.41, 5.74) is 11.7. The Bertz CT molecular complexity index is 2860. The highest BCUT2D eigenvalue weighted by molar-refractivity contribution is 6.22. The average Bonchev–Trinajstić information content (AvgIpc) is 3.57. The summed E-state index contributed by atoms with van der Waals surface area (Å²) in [5.74, 6) is 0. The molecule has 0 radical (unpaired) electrons. The molecule has 0 fully saturated rings.